The van der Waals surface area contributed by atoms with Crippen molar-refractivity contribution in [2.75, 3.05) is 39.3 Å². The molecule has 3 rings (SSSR count). The van der Waals surface area contributed by atoms with Gasteiger partial charge in [0.25, 0.3) is 5.91 Å². The van der Waals surface area contributed by atoms with E-state index < -0.39 is 0 Å². The number of nitrogens with zero attached hydrogens (tertiary/aromatic N) is 3. The summed E-state index contributed by atoms with van der Waals surface area (Å²) in [6.07, 6.45) is 4.66. The molecule has 2 heterocycles. The van der Waals surface area contributed by atoms with Crippen molar-refractivity contribution in [2.45, 2.75) is 0 Å². The van der Waals surface area contributed by atoms with Crippen molar-refractivity contribution in [1.29, 1.82) is 0 Å². The molecule has 24 heavy (non-hydrogen) atoms. The molecule has 7 nitrogen and oxygen atoms in total. The van der Waals surface area contributed by atoms with E-state index in [0.717, 1.165) is 32.7 Å². The maximum atomic E-state index is 12.3. The molecule has 126 valence electrons. The Morgan fingerprint density at radius 1 is 1.29 bits per heavy atom. The molecule has 1 aromatic heterocycles. The number of piperazine rings is 1. The fraction of sp³-hybridized carbons (Fsp3) is 0.353. The van der Waals surface area contributed by atoms with Crippen LogP contribution >= 0.6 is 0 Å². The highest BCUT2D eigenvalue weighted by Crippen LogP contribution is 2.19. The van der Waals surface area contributed by atoms with E-state index in [1.54, 1.807) is 36.7 Å². The van der Waals surface area contributed by atoms with Gasteiger partial charge in [-0.15, -0.1) is 0 Å². The average molecular weight is 327 g/mol. The summed E-state index contributed by atoms with van der Waals surface area (Å²) in [6.45, 7) is 5.57. The van der Waals surface area contributed by atoms with E-state index in [-0.39, 0.29) is 5.91 Å². The van der Waals surface area contributed by atoms with Crippen LogP contribution in [0.15, 0.2) is 42.9 Å². The fourth-order valence-electron chi connectivity index (χ4n) is 2.52. The Morgan fingerprint density at radius 3 is 2.96 bits per heavy atom. The van der Waals surface area contributed by atoms with Gasteiger partial charge in [0.2, 0.25) is 5.88 Å². The Balaban J connectivity index is 1.52. The Morgan fingerprint density at radius 2 is 2.17 bits per heavy atom. The van der Waals surface area contributed by atoms with Crippen LogP contribution in [0.25, 0.3) is 0 Å². The van der Waals surface area contributed by atoms with Gasteiger partial charge in [0.05, 0.1) is 6.20 Å². The van der Waals surface area contributed by atoms with E-state index in [9.17, 15) is 4.79 Å². The van der Waals surface area contributed by atoms with Crippen LogP contribution in [0.2, 0.25) is 0 Å². The van der Waals surface area contributed by atoms with Crippen LogP contribution < -0.4 is 15.4 Å². The third-order valence-corrected chi connectivity index (χ3v) is 3.78. The van der Waals surface area contributed by atoms with Gasteiger partial charge in [0.1, 0.15) is 5.75 Å². The smallest absolute Gasteiger partial charge is 0.251 e. The molecule has 0 saturated carbocycles. The van der Waals surface area contributed by atoms with Gasteiger partial charge in [-0.25, -0.2) is 4.98 Å². The molecule has 0 bridgehead atoms. The molecule has 1 aliphatic rings. The molecule has 1 fully saturated rings. The first-order valence-electron chi connectivity index (χ1n) is 8.06. The molecule has 0 radical (unpaired) electrons. The number of carbonyl (C=O) groups is 1. The van der Waals surface area contributed by atoms with Crippen molar-refractivity contribution in [3.8, 4) is 11.6 Å². The van der Waals surface area contributed by atoms with Crippen molar-refractivity contribution in [1.82, 2.24) is 25.5 Å². The number of amides is 1. The summed E-state index contributed by atoms with van der Waals surface area (Å²) in [7, 11) is 0. The second kappa shape index (κ2) is 8.37. The molecule has 7 heteroatoms. The molecule has 2 N–H and O–H groups in total. The van der Waals surface area contributed by atoms with Crippen LogP contribution in [0.3, 0.4) is 0 Å². The first-order chi connectivity index (χ1) is 11.8. The molecular weight excluding hydrogens is 306 g/mol. The maximum absolute atomic E-state index is 12.3. The number of benzene rings is 1. The number of carbonyl (C=O) groups excluding carboxylic acids is 1. The molecule has 2 aromatic rings. The highest BCUT2D eigenvalue weighted by molar-refractivity contribution is 5.94. The lowest BCUT2D eigenvalue weighted by Gasteiger charge is -2.27. The van der Waals surface area contributed by atoms with Crippen molar-refractivity contribution in [3.63, 3.8) is 0 Å². The van der Waals surface area contributed by atoms with E-state index in [0.29, 0.717) is 23.7 Å². The summed E-state index contributed by atoms with van der Waals surface area (Å²) in [5.41, 5.74) is 0.566. The second-order valence-electron chi connectivity index (χ2n) is 5.52. The largest absolute Gasteiger partial charge is 0.437 e. The van der Waals surface area contributed by atoms with Gasteiger partial charge in [0, 0.05) is 57.2 Å². The zero-order valence-electron chi connectivity index (χ0n) is 13.4. The summed E-state index contributed by atoms with van der Waals surface area (Å²) in [5, 5.41) is 6.27. The number of ether oxygens (including phenoxy) is 1. The number of hydrogen-bond donors (Lipinski definition) is 2. The molecule has 1 amide bonds. The van der Waals surface area contributed by atoms with Gasteiger partial charge in [0.15, 0.2) is 0 Å². The van der Waals surface area contributed by atoms with Gasteiger partial charge >= 0.3 is 0 Å². The molecule has 0 aliphatic carbocycles. The van der Waals surface area contributed by atoms with Crippen LogP contribution in [-0.2, 0) is 0 Å². The Labute approximate surface area is 141 Å². The van der Waals surface area contributed by atoms with Gasteiger partial charge in [-0.1, -0.05) is 6.07 Å². The predicted octanol–water partition coefficient (Wildman–Crippen LogP) is 0.904. The predicted molar refractivity (Wildman–Crippen MR) is 90.2 cm³/mol. The van der Waals surface area contributed by atoms with Crippen molar-refractivity contribution >= 4 is 5.91 Å². The summed E-state index contributed by atoms with van der Waals surface area (Å²) in [5.74, 6) is 0.855. The third kappa shape index (κ3) is 4.74. The molecule has 1 saturated heterocycles. The lowest BCUT2D eigenvalue weighted by atomic mass is 10.2. The standard InChI is InChI=1S/C17H21N5O2/c23-17(21-8-11-22-9-6-18-7-10-22)14-2-1-3-15(12-14)24-16-13-19-4-5-20-16/h1-5,12-13,18H,6-11H2,(H,21,23). The lowest BCUT2D eigenvalue weighted by molar-refractivity contribution is 0.0947. The maximum Gasteiger partial charge on any atom is 0.251 e. The van der Waals surface area contributed by atoms with Crippen molar-refractivity contribution < 1.29 is 9.53 Å². The Kier molecular flexibility index (Phi) is 5.70. The normalized spacial score (nSPS) is 15.0. The number of rotatable bonds is 6. The molecular formula is C17H21N5O2. The van der Waals surface area contributed by atoms with Crippen LogP contribution in [0, 0.1) is 0 Å². The first-order valence-corrected chi connectivity index (χ1v) is 8.06. The third-order valence-electron chi connectivity index (χ3n) is 3.78. The van der Waals surface area contributed by atoms with E-state index >= 15 is 0 Å². The van der Waals surface area contributed by atoms with Crippen molar-refractivity contribution in [3.05, 3.63) is 48.4 Å². The monoisotopic (exact) mass is 327 g/mol. The van der Waals surface area contributed by atoms with Gasteiger partial charge in [-0.2, -0.15) is 0 Å². The fourth-order valence-corrected chi connectivity index (χ4v) is 2.52. The van der Waals surface area contributed by atoms with Gasteiger partial charge in [-0.3, -0.25) is 14.7 Å². The quantitative estimate of drug-likeness (QED) is 0.821. The Bertz CT molecular complexity index is 659. The lowest BCUT2D eigenvalue weighted by Crippen LogP contribution is -2.46. The number of hydrogen-bond acceptors (Lipinski definition) is 6. The summed E-state index contributed by atoms with van der Waals surface area (Å²) in [4.78, 5) is 22.6. The van der Waals surface area contributed by atoms with E-state index in [1.807, 2.05) is 0 Å². The van der Waals surface area contributed by atoms with Crippen LogP contribution in [0.4, 0.5) is 0 Å². The van der Waals surface area contributed by atoms with E-state index in [4.69, 9.17) is 4.74 Å². The zero-order chi connectivity index (χ0) is 16.6. The number of nitrogens with one attached hydrogen (secondary N) is 2. The van der Waals surface area contributed by atoms with E-state index in [2.05, 4.69) is 25.5 Å². The minimum atomic E-state index is -0.102. The van der Waals surface area contributed by atoms with Crippen LogP contribution in [0.1, 0.15) is 10.4 Å². The molecule has 1 aliphatic heterocycles. The minimum Gasteiger partial charge on any atom is -0.437 e. The average Bonchev–Trinajstić information content (AvgIpc) is 2.64. The van der Waals surface area contributed by atoms with Gasteiger partial charge < -0.3 is 15.4 Å². The zero-order valence-corrected chi connectivity index (χ0v) is 13.4. The summed E-state index contributed by atoms with van der Waals surface area (Å²) >= 11 is 0. The summed E-state index contributed by atoms with van der Waals surface area (Å²) in [6, 6.07) is 7.04. The first kappa shape index (κ1) is 16.4. The molecule has 1 aromatic carbocycles. The van der Waals surface area contributed by atoms with Crippen molar-refractivity contribution in [2.24, 2.45) is 0 Å². The van der Waals surface area contributed by atoms with E-state index in [1.165, 1.54) is 6.20 Å². The highest BCUT2D eigenvalue weighted by atomic mass is 16.5. The highest BCUT2D eigenvalue weighted by Gasteiger charge is 2.11. The molecule has 0 spiro atoms. The van der Waals surface area contributed by atoms with Crippen LogP contribution in [0.5, 0.6) is 11.6 Å². The second-order valence-corrected chi connectivity index (χ2v) is 5.52. The minimum absolute atomic E-state index is 0.102. The van der Waals surface area contributed by atoms with Crippen LogP contribution in [-0.4, -0.2) is 60.0 Å². The Hall–Kier alpha value is -2.51. The van der Waals surface area contributed by atoms with Gasteiger partial charge in [-0.05, 0) is 18.2 Å². The number of aromatic nitrogens is 2. The summed E-state index contributed by atoms with van der Waals surface area (Å²) < 4.78 is 5.60. The molecule has 0 atom stereocenters. The topological polar surface area (TPSA) is 79.4 Å². The molecule has 0 unspecified atom stereocenters. The SMILES string of the molecule is O=C(NCCN1CCNCC1)c1cccc(Oc2cnccn2)c1.